The Balaban J connectivity index is 1.30. The van der Waals surface area contributed by atoms with Crippen LogP contribution in [0, 0.1) is 11.8 Å². The van der Waals surface area contributed by atoms with E-state index < -0.39 is 17.6 Å². The first-order valence-corrected chi connectivity index (χ1v) is 10.6. The topological polar surface area (TPSA) is 69.2 Å². The van der Waals surface area contributed by atoms with Crippen LogP contribution in [0.1, 0.15) is 42.6 Å². The third-order valence-corrected chi connectivity index (χ3v) is 7.39. The molecular weight excluding hydrogens is 395 g/mol. The van der Waals surface area contributed by atoms with Gasteiger partial charge in [0, 0.05) is 43.0 Å². The van der Waals surface area contributed by atoms with Gasteiger partial charge in [-0.05, 0) is 30.7 Å². The number of alkyl halides is 3. The summed E-state index contributed by atoms with van der Waals surface area (Å²) in [5.74, 6) is 2.13. The molecule has 1 unspecified atom stereocenters. The van der Waals surface area contributed by atoms with E-state index in [1.165, 1.54) is 12.6 Å². The lowest BCUT2D eigenvalue weighted by atomic mass is 9.85. The number of fused-ring (bicyclic) bond motifs is 1. The SMILES string of the molecule is Nc1ncc(-c2cn(C3[C@H]4CN(C5COC5)C[C@@H]34)c(C3CCC3)n2)cc1C(F)(F)F. The van der Waals surface area contributed by atoms with Gasteiger partial charge in [-0.15, -0.1) is 0 Å². The zero-order chi connectivity index (χ0) is 20.6. The Morgan fingerprint density at radius 2 is 1.87 bits per heavy atom. The summed E-state index contributed by atoms with van der Waals surface area (Å²) in [5.41, 5.74) is 5.50. The highest BCUT2D eigenvalue weighted by Gasteiger charge is 2.59. The van der Waals surface area contributed by atoms with Crippen LogP contribution in [0.2, 0.25) is 0 Å². The first kappa shape index (κ1) is 18.6. The molecule has 2 N–H and O–H groups in total. The fraction of sp³-hybridized carbons (Fsp3) is 0.619. The molecule has 4 fully saturated rings. The number of imidazole rings is 1. The van der Waals surface area contributed by atoms with Gasteiger partial charge < -0.3 is 15.0 Å². The molecule has 0 spiro atoms. The summed E-state index contributed by atoms with van der Waals surface area (Å²) in [6.45, 7) is 3.81. The number of nitrogen functional groups attached to an aromatic ring is 1. The number of nitrogens with zero attached hydrogens (tertiary/aromatic N) is 4. The van der Waals surface area contributed by atoms with Crippen LogP contribution in [0.4, 0.5) is 19.0 Å². The summed E-state index contributed by atoms with van der Waals surface area (Å²) in [6.07, 6.45) is 2.18. The summed E-state index contributed by atoms with van der Waals surface area (Å²) in [6, 6.07) is 2.04. The van der Waals surface area contributed by atoms with Gasteiger partial charge in [-0.3, -0.25) is 4.90 Å². The van der Waals surface area contributed by atoms with Crippen molar-refractivity contribution in [2.45, 2.75) is 43.4 Å². The van der Waals surface area contributed by atoms with E-state index >= 15 is 0 Å². The molecule has 6 rings (SSSR count). The van der Waals surface area contributed by atoms with Gasteiger partial charge >= 0.3 is 6.18 Å². The van der Waals surface area contributed by atoms with E-state index in [0.717, 1.165) is 51.0 Å². The molecule has 0 radical (unpaired) electrons. The van der Waals surface area contributed by atoms with Crippen molar-refractivity contribution in [3.05, 3.63) is 29.8 Å². The smallest absolute Gasteiger partial charge is 0.383 e. The Bertz CT molecular complexity index is 970. The number of piperidine rings is 1. The van der Waals surface area contributed by atoms with Gasteiger partial charge in [0.25, 0.3) is 0 Å². The fourth-order valence-corrected chi connectivity index (χ4v) is 5.27. The molecule has 4 heterocycles. The van der Waals surface area contributed by atoms with Gasteiger partial charge in [0.15, 0.2) is 0 Å². The fourth-order valence-electron chi connectivity index (χ4n) is 5.27. The number of ether oxygens (including phenoxy) is 1. The van der Waals surface area contributed by atoms with Crippen LogP contribution in [0.25, 0.3) is 11.3 Å². The summed E-state index contributed by atoms with van der Waals surface area (Å²) < 4.78 is 47.5. The summed E-state index contributed by atoms with van der Waals surface area (Å²) in [4.78, 5) is 11.1. The van der Waals surface area contributed by atoms with Crippen molar-refractivity contribution < 1.29 is 17.9 Å². The van der Waals surface area contributed by atoms with E-state index in [9.17, 15) is 13.2 Å². The second-order valence-electron chi connectivity index (χ2n) is 9.14. The Hall–Kier alpha value is -2.13. The molecule has 0 bridgehead atoms. The number of anilines is 1. The van der Waals surface area contributed by atoms with Gasteiger partial charge in [0.1, 0.15) is 11.6 Å². The highest BCUT2D eigenvalue weighted by atomic mass is 19.4. The zero-order valence-corrected chi connectivity index (χ0v) is 16.5. The van der Waals surface area contributed by atoms with Gasteiger partial charge in [0.2, 0.25) is 0 Å². The molecule has 9 heteroatoms. The van der Waals surface area contributed by atoms with E-state index in [4.69, 9.17) is 15.5 Å². The summed E-state index contributed by atoms with van der Waals surface area (Å²) >= 11 is 0. The number of rotatable bonds is 4. The maximum atomic E-state index is 13.3. The standard InChI is InChI=1S/C21H24F3N5O/c22-21(23,24)16-4-12(5-26-19(16)25)17-8-29(20(27-17)11-2-1-3-11)18-14-6-28(7-15(14)18)13-9-30-10-13/h4-5,8,11,13-15,18H,1-3,6-7,9-10H2,(H2,25,26)/t14-,15+,18?. The highest BCUT2D eigenvalue weighted by molar-refractivity contribution is 5.62. The van der Waals surface area contributed by atoms with E-state index in [1.807, 2.05) is 6.20 Å². The number of hydrogen-bond acceptors (Lipinski definition) is 5. The second-order valence-corrected chi connectivity index (χ2v) is 9.14. The molecule has 30 heavy (non-hydrogen) atoms. The van der Waals surface area contributed by atoms with Gasteiger partial charge in [-0.1, -0.05) is 6.42 Å². The lowest BCUT2D eigenvalue weighted by Crippen LogP contribution is -2.49. The monoisotopic (exact) mass is 419 g/mol. The minimum absolute atomic E-state index is 0.370. The van der Waals surface area contributed by atoms with E-state index in [2.05, 4.69) is 14.5 Å². The van der Waals surface area contributed by atoms with Gasteiger partial charge in [0.05, 0.1) is 30.5 Å². The Morgan fingerprint density at radius 3 is 2.43 bits per heavy atom. The molecule has 2 aliphatic carbocycles. The van der Waals surface area contributed by atoms with Crippen LogP contribution in [0.3, 0.4) is 0 Å². The Morgan fingerprint density at radius 1 is 1.13 bits per heavy atom. The van der Waals surface area contributed by atoms with Crippen molar-refractivity contribution in [1.29, 1.82) is 0 Å². The van der Waals surface area contributed by atoms with Gasteiger partial charge in [-0.25, -0.2) is 9.97 Å². The maximum absolute atomic E-state index is 13.3. The molecule has 2 aromatic heterocycles. The molecule has 2 aromatic rings. The van der Waals surface area contributed by atoms with Crippen LogP contribution in [-0.4, -0.2) is 51.8 Å². The number of pyridine rings is 1. The molecule has 4 aliphatic rings. The first-order chi connectivity index (χ1) is 14.4. The third-order valence-electron chi connectivity index (χ3n) is 7.39. The van der Waals surface area contributed by atoms with Crippen molar-refractivity contribution in [2.24, 2.45) is 11.8 Å². The molecule has 6 nitrogen and oxygen atoms in total. The number of nitrogens with two attached hydrogens (primary N) is 1. The minimum Gasteiger partial charge on any atom is -0.383 e. The van der Waals surface area contributed by atoms with Crippen LogP contribution in [-0.2, 0) is 10.9 Å². The summed E-state index contributed by atoms with van der Waals surface area (Å²) in [7, 11) is 0. The van der Waals surface area contributed by atoms with Crippen molar-refractivity contribution in [3.63, 3.8) is 0 Å². The molecule has 160 valence electrons. The number of hydrogen-bond donors (Lipinski definition) is 1. The summed E-state index contributed by atoms with van der Waals surface area (Å²) in [5, 5.41) is 0. The number of likely N-dealkylation sites (tertiary alicyclic amines) is 1. The first-order valence-electron chi connectivity index (χ1n) is 10.6. The van der Waals surface area contributed by atoms with Gasteiger partial charge in [-0.2, -0.15) is 13.2 Å². The van der Waals surface area contributed by atoms with E-state index in [1.54, 1.807) is 0 Å². The molecular formula is C21H24F3N5O. The minimum atomic E-state index is -4.53. The van der Waals surface area contributed by atoms with Crippen molar-refractivity contribution in [2.75, 3.05) is 32.0 Å². The third kappa shape index (κ3) is 2.85. The quantitative estimate of drug-likeness (QED) is 0.824. The van der Waals surface area contributed by atoms with Crippen molar-refractivity contribution in [1.82, 2.24) is 19.4 Å². The average Bonchev–Trinajstić information content (AvgIpc) is 2.94. The van der Waals surface area contributed by atoms with Crippen molar-refractivity contribution in [3.8, 4) is 11.3 Å². The lowest BCUT2D eigenvalue weighted by Gasteiger charge is -2.36. The van der Waals surface area contributed by atoms with Crippen LogP contribution in [0.5, 0.6) is 0 Å². The van der Waals surface area contributed by atoms with Crippen LogP contribution < -0.4 is 5.73 Å². The lowest BCUT2D eigenvalue weighted by molar-refractivity contribution is -0.137. The Kier molecular flexibility index (Phi) is 3.99. The number of aromatic nitrogens is 3. The highest BCUT2D eigenvalue weighted by Crippen LogP contribution is 2.57. The number of halogens is 3. The molecule has 2 aliphatic heterocycles. The predicted octanol–water partition coefficient (Wildman–Crippen LogP) is 3.32. The second kappa shape index (κ2) is 6.43. The predicted molar refractivity (Wildman–Crippen MR) is 104 cm³/mol. The molecule has 3 atom stereocenters. The van der Waals surface area contributed by atoms with Crippen LogP contribution in [0.15, 0.2) is 18.5 Å². The van der Waals surface area contributed by atoms with E-state index in [0.29, 0.717) is 41.1 Å². The van der Waals surface area contributed by atoms with Crippen LogP contribution >= 0.6 is 0 Å². The normalized spacial score (nSPS) is 29.5. The molecule has 0 aromatic carbocycles. The van der Waals surface area contributed by atoms with E-state index in [-0.39, 0.29) is 0 Å². The zero-order valence-electron chi connectivity index (χ0n) is 16.5. The largest absolute Gasteiger partial charge is 0.419 e. The molecule has 0 amide bonds. The molecule has 2 saturated heterocycles. The Labute approximate surface area is 172 Å². The average molecular weight is 419 g/mol. The maximum Gasteiger partial charge on any atom is 0.419 e. The van der Waals surface area contributed by atoms with Crippen molar-refractivity contribution >= 4 is 5.82 Å². The molecule has 2 saturated carbocycles.